The van der Waals surface area contributed by atoms with Gasteiger partial charge in [-0.2, -0.15) is 5.26 Å². The van der Waals surface area contributed by atoms with Gasteiger partial charge in [0.25, 0.3) is 0 Å². The second-order valence-electron chi connectivity index (χ2n) is 15.5. The second kappa shape index (κ2) is 6.74. The van der Waals surface area contributed by atoms with Crippen molar-refractivity contribution < 1.29 is 13.2 Å². The number of rotatable bonds is 2. The van der Waals surface area contributed by atoms with Crippen LogP contribution in [0.2, 0.25) is 0 Å². The molecule has 1 heterocycles. The molecule has 0 saturated heterocycles. The smallest absolute Gasteiger partial charge is 0.209 e. The van der Waals surface area contributed by atoms with Crippen LogP contribution in [-0.4, -0.2) is 37.2 Å². The average molecular weight is 536 g/mol. The molecular weight excluding hydrogens is 494 g/mol. The van der Waals surface area contributed by atoms with Crippen molar-refractivity contribution in [3.63, 3.8) is 0 Å². The van der Waals surface area contributed by atoms with Crippen molar-refractivity contribution in [2.45, 2.75) is 103 Å². The van der Waals surface area contributed by atoms with Crippen molar-refractivity contribution in [1.29, 1.82) is 5.26 Å². The first-order chi connectivity index (χ1) is 17.5. The van der Waals surface area contributed by atoms with E-state index in [1.807, 2.05) is 6.08 Å². The topological polar surface area (TPSA) is 99.4 Å². The Balaban J connectivity index is 1.40. The molecule has 7 aliphatic rings. The van der Waals surface area contributed by atoms with Crippen molar-refractivity contribution >= 4 is 21.5 Å². The molecule has 7 rings (SSSR count). The Bertz CT molecular complexity index is 1440. The van der Waals surface area contributed by atoms with Gasteiger partial charge in [0, 0.05) is 27.7 Å². The van der Waals surface area contributed by atoms with E-state index < -0.39 is 15.6 Å². The van der Waals surface area contributed by atoms with E-state index in [1.165, 1.54) is 11.8 Å². The predicted molar refractivity (Wildman–Crippen MR) is 147 cm³/mol. The summed E-state index contributed by atoms with van der Waals surface area (Å²) in [6, 6.07) is 2.26. The number of aliphatic imine (C=N–C) groups is 1. The number of carbonyl (C=O) groups is 1. The molecule has 0 aromatic heterocycles. The highest BCUT2D eigenvalue weighted by Gasteiger charge is 2.80. The third-order valence-corrected chi connectivity index (χ3v) is 13.9. The zero-order chi connectivity index (χ0) is 27.4. The van der Waals surface area contributed by atoms with Gasteiger partial charge in [0.15, 0.2) is 5.78 Å². The molecule has 0 aromatic rings. The number of hydrogen-bond acceptors (Lipinski definition) is 5. The van der Waals surface area contributed by atoms with Crippen molar-refractivity contribution in [1.82, 2.24) is 4.72 Å². The molecule has 204 valence electrons. The van der Waals surface area contributed by atoms with Crippen LogP contribution in [0.4, 0.5) is 0 Å². The van der Waals surface area contributed by atoms with Gasteiger partial charge in [0.2, 0.25) is 10.0 Å². The molecule has 6 aliphatic carbocycles. The number of nitrogens with one attached hydrogen (secondary N) is 1. The maximum absolute atomic E-state index is 13.3. The monoisotopic (exact) mass is 535 g/mol. The molecule has 0 bridgehead atoms. The summed E-state index contributed by atoms with van der Waals surface area (Å²) in [6.45, 7) is 11.8. The van der Waals surface area contributed by atoms with Gasteiger partial charge in [-0.15, -0.1) is 0 Å². The van der Waals surface area contributed by atoms with Crippen LogP contribution in [0.5, 0.6) is 0 Å². The maximum Gasteiger partial charge on any atom is 0.209 e. The summed E-state index contributed by atoms with van der Waals surface area (Å²) in [5.74, 6) is 0.429. The fraction of sp³-hybridized carbons (Fsp3) is 0.774. The summed E-state index contributed by atoms with van der Waals surface area (Å²) in [7, 11) is -3.38. The highest BCUT2D eigenvalue weighted by molar-refractivity contribution is 7.88. The van der Waals surface area contributed by atoms with Gasteiger partial charge in [-0.1, -0.05) is 46.3 Å². The van der Waals surface area contributed by atoms with Crippen LogP contribution in [-0.2, 0) is 14.8 Å². The molecule has 0 amide bonds. The quantitative estimate of drug-likeness (QED) is 0.521. The molecular formula is C31H41N3O3S. The average Bonchev–Trinajstić information content (AvgIpc) is 3.73. The third kappa shape index (κ3) is 2.70. The van der Waals surface area contributed by atoms with Gasteiger partial charge < -0.3 is 0 Å². The van der Waals surface area contributed by atoms with Crippen molar-refractivity contribution in [2.24, 2.45) is 43.9 Å². The van der Waals surface area contributed by atoms with Gasteiger partial charge in [0.1, 0.15) is 11.6 Å². The predicted octanol–water partition coefficient (Wildman–Crippen LogP) is 5.27. The lowest BCUT2D eigenvalue weighted by atomic mass is 9.35. The molecule has 0 unspecified atom stereocenters. The van der Waals surface area contributed by atoms with Crippen LogP contribution in [0, 0.1) is 50.2 Å². The van der Waals surface area contributed by atoms with Crippen LogP contribution in [0.25, 0.3) is 0 Å². The third-order valence-electron chi connectivity index (χ3n) is 13.2. The Morgan fingerprint density at radius 1 is 1.00 bits per heavy atom. The number of hydrogen-bond donors (Lipinski definition) is 1. The first kappa shape index (κ1) is 25.2. The molecule has 0 aromatic carbocycles. The Morgan fingerprint density at radius 2 is 1.68 bits per heavy atom. The molecule has 4 fully saturated rings. The first-order valence-electron chi connectivity index (χ1n) is 14.5. The van der Waals surface area contributed by atoms with E-state index in [4.69, 9.17) is 4.99 Å². The Hall–Kier alpha value is -1.78. The Kier molecular flexibility index (Phi) is 4.47. The van der Waals surface area contributed by atoms with E-state index in [0.29, 0.717) is 5.57 Å². The number of carbonyl (C=O) groups excluding carboxylic acids is 1. The fourth-order valence-electron chi connectivity index (χ4n) is 11.0. The highest BCUT2D eigenvalue weighted by Crippen LogP contribution is 2.79. The number of nitrogens with zero attached hydrogens (tertiary/aromatic N) is 2. The second-order valence-corrected chi connectivity index (χ2v) is 17.2. The largest absolute Gasteiger partial charge is 0.293 e. The lowest BCUT2D eigenvalue weighted by Gasteiger charge is -2.69. The van der Waals surface area contributed by atoms with E-state index in [9.17, 15) is 18.5 Å². The summed E-state index contributed by atoms with van der Waals surface area (Å²) in [5.41, 5.74) is 1.17. The minimum atomic E-state index is -3.38. The minimum Gasteiger partial charge on any atom is -0.293 e. The summed E-state index contributed by atoms with van der Waals surface area (Å²) < 4.78 is 28.6. The van der Waals surface area contributed by atoms with E-state index >= 15 is 0 Å². The van der Waals surface area contributed by atoms with Crippen molar-refractivity contribution in [3.05, 3.63) is 23.3 Å². The standard InChI is InChI=1S/C31H41N3O3S/c1-25(2)9-13-30(34-38(6,36)37)14-10-28(5)27(4)8-7-20-26(3,16-19(18-32)24(35)29(20)11-12-29)21(27)15-23-31(28,33-23)22(30)17-25/h15-16,20,22,34H,7-14,17H2,1-6H3/t20-,22-,26+,27-,28+,30+,31-/m1/s1. The molecule has 7 atom stereocenters. The summed E-state index contributed by atoms with van der Waals surface area (Å²) >= 11 is 0. The number of Topliss-reactive ketones (excluding diaryl/α,β-unsaturated/α-hetero) is 1. The minimum absolute atomic E-state index is 0.0746. The van der Waals surface area contributed by atoms with Gasteiger partial charge in [-0.25, -0.2) is 13.1 Å². The van der Waals surface area contributed by atoms with Gasteiger partial charge in [-0.05, 0) is 80.6 Å². The van der Waals surface area contributed by atoms with E-state index in [-0.39, 0.29) is 50.2 Å². The number of allylic oxidation sites excluding steroid dienone is 3. The maximum atomic E-state index is 13.3. The van der Waals surface area contributed by atoms with Gasteiger partial charge >= 0.3 is 0 Å². The molecule has 7 heteroatoms. The molecule has 6 nitrogen and oxygen atoms in total. The summed E-state index contributed by atoms with van der Waals surface area (Å²) in [6.07, 6.45) is 14.0. The number of sulfonamides is 1. The number of ketones is 1. The lowest BCUT2D eigenvalue weighted by Crippen LogP contribution is -2.72. The molecule has 1 N–H and O–H groups in total. The number of nitriles is 1. The summed E-state index contributed by atoms with van der Waals surface area (Å²) in [4.78, 5) is 18.7. The normalized spacial score (nSPS) is 49.1. The Morgan fingerprint density at radius 3 is 2.32 bits per heavy atom. The fourth-order valence-corrected chi connectivity index (χ4v) is 12.1. The van der Waals surface area contributed by atoms with E-state index in [0.717, 1.165) is 63.5 Å². The number of fused-ring (bicyclic) bond motifs is 6. The molecule has 38 heavy (non-hydrogen) atoms. The van der Waals surface area contributed by atoms with Gasteiger partial charge in [-0.3, -0.25) is 9.79 Å². The van der Waals surface area contributed by atoms with Gasteiger partial charge in [0.05, 0.1) is 17.5 Å². The van der Waals surface area contributed by atoms with Crippen molar-refractivity contribution in [2.75, 3.05) is 6.26 Å². The van der Waals surface area contributed by atoms with Crippen LogP contribution < -0.4 is 4.72 Å². The molecule has 0 radical (unpaired) electrons. The van der Waals surface area contributed by atoms with Crippen LogP contribution in [0.3, 0.4) is 0 Å². The molecule has 4 saturated carbocycles. The zero-order valence-corrected chi connectivity index (χ0v) is 24.5. The summed E-state index contributed by atoms with van der Waals surface area (Å²) in [5, 5.41) is 9.95. The SMILES string of the molecule is CC1(C)CC[C@]2(NS(C)(=O)=O)CC[C@@]3(C)[C@]4(C)CC[C@H]5C6(CC6)C(=O)C(C#N)=C[C@]5(C)C4=CC4=N[C@]43[C@@H]2C1. The van der Waals surface area contributed by atoms with Crippen LogP contribution in [0.15, 0.2) is 28.3 Å². The van der Waals surface area contributed by atoms with Crippen LogP contribution in [0.1, 0.15) is 92.4 Å². The van der Waals surface area contributed by atoms with E-state index in [2.05, 4.69) is 51.5 Å². The Labute approximate surface area is 227 Å². The van der Waals surface area contributed by atoms with Crippen LogP contribution >= 0.6 is 0 Å². The van der Waals surface area contributed by atoms with Crippen molar-refractivity contribution in [3.8, 4) is 6.07 Å². The van der Waals surface area contributed by atoms with E-state index in [1.54, 1.807) is 0 Å². The highest BCUT2D eigenvalue weighted by atomic mass is 32.2. The molecule has 2 spiro atoms. The first-order valence-corrected chi connectivity index (χ1v) is 16.4. The zero-order valence-electron chi connectivity index (χ0n) is 23.7. The lowest BCUT2D eigenvalue weighted by molar-refractivity contribution is -0.129. The molecule has 1 aliphatic heterocycles.